The quantitative estimate of drug-likeness (QED) is 0.224. The van der Waals surface area contributed by atoms with Crippen molar-refractivity contribution in [1.29, 1.82) is 5.26 Å². The lowest BCUT2D eigenvalue weighted by Gasteiger charge is -2.39. The SMILES string of the molecule is Cc1c(CN2CCC(Nc3ncnc4sc(CC(F)(F)F)cc34)CC2)ccc2c1cc(C#N)n2CC(N1CCN(S(C)(=O)=O)CC1)C(F)(F)F. The first-order valence-corrected chi connectivity index (χ1v) is 18.7. The summed E-state index contributed by atoms with van der Waals surface area (Å²) < 4.78 is 108. The standard InChI is InChI=1S/C32H36F6N8O2S2/c1-20-21(17-43-7-5-22(6-8-43)42-29-26-14-24(15-31(33,34)35)49-30(26)41-19-40-29)3-4-27-25(20)13-23(16-39)46(27)18-28(32(36,37)38)44-9-11-45(12-10-44)50(2,47)48/h3-4,13-14,19,22,28H,5-12,15,17-18H2,1-2H3,(H,40,41,42). The van der Waals surface area contributed by atoms with Crippen LogP contribution in [0.4, 0.5) is 32.2 Å². The normalized spacial score (nSPS) is 18.5. The predicted octanol–water partition coefficient (Wildman–Crippen LogP) is 5.52. The van der Waals surface area contributed by atoms with E-state index in [1.165, 1.54) is 26.2 Å². The van der Waals surface area contributed by atoms with E-state index in [0.717, 1.165) is 54.7 Å². The van der Waals surface area contributed by atoms with E-state index in [1.807, 2.05) is 13.0 Å². The summed E-state index contributed by atoms with van der Waals surface area (Å²) in [5, 5.41) is 14.6. The van der Waals surface area contributed by atoms with E-state index in [1.54, 1.807) is 12.1 Å². The molecule has 4 aromatic rings. The molecule has 3 aromatic heterocycles. The smallest absolute Gasteiger partial charge is 0.367 e. The molecule has 0 spiro atoms. The van der Waals surface area contributed by atoms with Gasteiger partial charge < -0.3 is 9.88 Å². The number of aromatic nitrogens is 3. The highest BCUT2D eigenvalue weighted by Gasteiger charge is 2.45. The van der Waals surface area contributed by atoms with E-state index in [4.69, 9.17) is 0 Å². The Morgan fingerprint density at radius 1 is 1.02 bits per heavy atom. The van der Waals surface area contributed by atoms with E-state index in [2.05, 4.69) is 26.3 Å². The van der Waals surface area contributed by atoms with Gasteiger partial charge in [-0.1, -0.05) is 6.07 Å². The Balaban J connectivity index is 1.13. The maximum Gasteiger partial charge on any atom is 0.405 e. The first kappa shape index (κ1) is 36.3. The first-order valence-electron chi connectivity index (χ1n) is 16.1. The van der Waals surface area contributed by atoms with Crippen LogP contribution in [0.1, 0.15) is 34.5 Å². The van der Waals surface area contributed by atoms with Gasteiger partial charge in [0.15, 0.2) is 0 Å². The topological polar surface area (TPSA) is 110 Å². The summed E-state index contributed by atoms with van der Waals surface area (Å²) in [6.45, 7) is 3.24. The number of alkyl halides is 6. The summed E-state index contributed by atoms with van der Waals surface area (Å²) in [6, 6.07) is 7.00. The van der Waals surface area contributed by atoms with Gasteiger partial charge in [-0.25, -0.2) is 18.4 Å². The molecule has 0 amide bonds. The zero-order chi connectivity index (χ0) is 36.0. The molecule has 2 aliphatic rings. The molecule has 5 heterocycles. The van der Waals surface area contributed by atoms with Crippen LogP contribution in [0, 0.1) is 18.3 Å². The fraction of sp³-hybridized carbons (Fsp3) is 0.531. The number of piperazine rings is 1. The van der Waals surface area contributed by atoms with Crippen LogP contribution in [0.3, 0.4) is 0 Å². The Morgan fingerprint density at radius 2 is 1.72 bits per heavy atom. The van der Waals surface area contributed by atoms with Crippen LogP contribution in [0.25, 0.3) is 21.1 Å². The fourth-order valence-corrected chi connectivity index (χ4v) is 8.76. The largest absolute Gasteiger partial charge is 0.405 e. The highest BCUT2D eigenvalue weighted by Crippen LogP contribution is 2.35. The third-order valence-corrected chi connectivity index (χ3v) is 11.9. The molecular weight excluding hydrogens is 707 g/mol. The molecule has 2 saturated heterocycles. The molecule has 1 unspecified atom stereocenters. The summed E-state index contributed by atoms with van der Waals surface area (Å²) >= 11 is 1.01. The summed E-state index contributed by atoms with van der Waals surface area (Å²) in [6.07, 6.45) is -6.01. The van der Waals surface area contributed by atoms with Crippen LogP contribution in [0.5, 0.6) is 0 Å². The van der Waals surface area contributed by atoms with E-state index < -0.39 is 41.4 Å². The molecule has 0 aliphatic carbocycles. The van der Waals surface area contributed by atoms with Crippen molar-refractivity contribution in [2.45, 2.75) is 63.7 Å². The number of thiophene rings is 1. The minimum absolute atomic E-state index is 0.0377. The lowest BCUT2D eigenvalue weighted by Crippen LogP contribution is -2.56. The molecule has 6 rings (SSSR count). The van der Waals surface area contributed by atoms with Crippen LogP contribution in [0.15, 0.2) is 30.6 Å². The van der Waals surface area contributed by atoms with Crippen LogP contribution in [-0.2, 0) is 29.5 Å². The lowest BCUT2D eigenvalue weighted by atomic mass is 10.0. The number of nitriles is 1. The van der Waals surface area contributed by atoms with Gasteiger partial charge in [0.05, 0.1) is 18.1 Å². The van der Waals surface area contributed by atoms with Crippen molar-refractivity contribution in [2.75, 3.05) is 50.8 Å². The highest BCUT2D eigenvalue weighted by molar-refractivity contribution is 7.88. The van der Waals surface area contributed by atoms with Gasteiger partial charge in [0.25, 0.3) is 0 Å². The first-order chi connectivity index (χ1) is 23.5. The lowest BCUT2D eigenvalue weighted by molar-refractivity contribution is -0.189. The summed E-state index contributed by atoms with van der Waals surface area (Å²) in [4.78, 5) is 12.6. The molecule has 18 heteroatoms. The Morgan fingerprint density at radius 3 is 2.34 bits per heavy atom. The van der Waals surface area contributed by atoms with Gasteiger partial charge in [0.1, 0.15) is 34.8 Å². The monoisotopic (exact) mass is 742 g/mol. The van der Waals surface area contributed by atoms with E-state index in [9.17, 15) is 40.0 Å². The zero-order valence-corrected chi connectivity index (χ0v) is 29.0. The Hall–Kier alpha value is -3.50. The number of rotatable bonds is 9. The Kier molecular flexibility index (Phi) is 10.1. The Bertz CT molecular complexity index is 2000. The van der Waals surface area contributed by atoms with Crippen LogP contribution in [0.2, 0.25) is 0 Å². The number of likely N-dealkylation sites (tertiary alicyclic amines) is 1. The molecule has 2 aliphatic heterocycles. The van der Waals surface area contributed by atoms with Crippen molar-refractivity contribution in [3.63, 3.8) is 0 Å². The molecule has 0 bridgehead atoms. The van der Waals surface area contributed by atoms with Crippen LogP contribution < -0.4 is 5.32 Å². The molecule has 2 fully saturated rings. The molecule has 1 N–H and O–H groups in total. The number of anilines is 1. The highest BCUT2D eigenvalue weighted by atomic mass is 32.2. The van der Waals surface area contributed by atoms with Crippen molar-refractivity contribution in [2.24, 2.45) is 0 Å². The zero-order valence-electron chi connectivity index (χ0n) is 27.4. The molecular formula is C32H36F6N8O2S2. The minimum Gasteiger partial charge on any atom is -0.367 e. The second kappa shape index (κ2) is 13.9. The Labute approximate surface area is 289 Å². The summed E-state index contributed by atoms with van der Waals surface area (Å²) in [7, 11) is -3.51. The molecule has 10 nitrogen and oxygen atoms in total. The molecule has 0 saturated carbocycles. The van der Waals surface area contributed by atoms with E-state index in [-0.39, 0.29) is 42.8 Å². The number of nitrogens with zero attached hydrogens (tertiary/aromatic N) is 7. The molecule has 0 radical (unpaired) electrons. The maximum absolute atomic E-state index is 14.4. The van der Waals surface area contributed by atoms with Gasteiger partial charge in [0.2, 0.25) is 10.0 Å². The third-order valence-electron chi connectivity index (χ3n) is 9.58. The van der Waals surface area contributed by atoms with Crippen molar-refractivity contribution in [1.82, 2.24) is 28.6 Å². The summed E-state index contributed by atoms with van der Waals surface area (Å²) in [5.74, 6) is 0.515. The molecule has 1 atom stereocenters. The predicted molar refractivity (Wildman–Crippen MR) is 178 cm³/mol. The molecule has 50 heavy (non-hydrogen) atoms. The second-order valence-electron chi connectivity index (χ2n) is 12.9. The average Bonchev–Trinajstić information content (AvgIpc) is 3.61. The van der Waals surface area contributed by atoms with E-state index in [0.29, 0.717) is 33.5 Å². The van der Waals surface area contributed by atoms with Gasteiger partial charge in [-0.3, -0.25) is 9.80 Å². The number of aryl methyl sites for hydroxylation is 1. The summed E-state index contributed by atoms with van der Waals surface area (Å²) in [5.41, 5.74) is 2.51. The number of sulfonamides is 1. The number of hydrogen-bond donors (Lipinski definition) is 1. The van der Waals surface area contributed by atoms with Gasteiger partial charge in [0, 0.05) is 74.2 Å². The second-order valence-corrected chi connectivity index (χ2v) is 16.0. The van der Waals surface area contributed by atoms with Gasteiger partial charge in [-0.2, -0.15) is 35.9 Å². The average molecular weight is 743 g/mol. The maximum atomic E-state index is 14.4. The van der Waals surface area contributed by atoms with Gasteiger partial charge >= 0.3 is 12.4 Å². The van der Waals surface area contributed by atoms with Crippen molar-refractivity contribution >= 4 is 48.3 Å². The van der Waals surface area contributed by atoms with Crippen LogP contribution >= 0.6 is 11.3 Å². The number of piperidine rings is 1. The van der Waals surface area contributed by atoms with Gasteiger partial charge in [-0.15, -0.1) is 11.3 Å². The third kappa shape index (κ3) is 8.01. The van der Waals surface area contributed by atoms with Crippen molar-refractivity contribution in [3.05, 3.63) is 52.3 Å². The van der Waals surface area contributed by atoms with Crippen molar-refractivity contribution < 1.29 is 34.8 Å². The fourth-order valence-electron chi connectivity index (χ4n) is 6.90. The number of fused-ring (bicyclic) bond motifs is 2. The molecule has 1 aromatic carbocycles. The molecule has 270 valence electrons. The van der Waals surface area contributed by atoms with Crippen LogP contribution in [-0.4, -0.2) is 107 Å². The van der Waals surface area contributed by atoms with Gasteiger partial charge in [-0.05, 0) is 49.1 Å². The van der Waals surface area contributed by atoms with E-state index >= 15 is 0 Å². The number of benzene rings is 1. The number of halogens is 6. The number of hydrogen-bond acceptors (Lipinski definition) is 9. The van der Waals surface area contributed by atoms with Crippen molar-refractivity contribution in [3.8, 4) is 6.07 Å². The minimum atomic E-state index is -4.61. The number of nitrogens with one attached hydrogen (secondary N) is 1.